The number of aromatic nitrogens is 4. The van der Waals surface area contributed by atoms with E-state index in [2.05, 4.69) is 21.8 Å². The maximum absolute atomic E-state index is 6.35. The Balaban J connectivity index is 1.91. The van der Waals surface area contributed by atoms with Crippen molar-refractivity contribution in [2.45, 2.75) is 19.0 Å². The quantitative estimate of drug-likeness (QED) is 0.520. The van der Waals surface area contributed by atoms with Gasteiger partial charge in [0.15, 0.2) is 5.82 Å². The Hall–Kier alpha value is -2.70. The summed E-state index contributed by atoms with van der Waals surface area (Å²) in [5, 5.41) is 3.89. The summed E-state index contributed by atoms with van der Waals surface area (Å²) in [5.74, 6) is 6.84. The monoisotopic (exact) mass is 392 g/mol. The van der Waals surface area contributed by atoms with Crippen molar-refractivity contribution >= 4 is 32.9 Å². The summed E-state index contributed by atoms with van der Waals surface area (Å²) in [7, 11) is 0. The van der Waals surface area contributed by atoms with Crippen LogP contribution in [0.1, 0.15) is 29.9 Å². The Morgan fingerprint density at radius 3 is 2.59 bits per heavy atom. The minimum Gasteiger partial charge on any atom is -0.326 e. The van der Waals surface area contributed by atoms with E-state index in [1.165, 1.54) is 22.7 Å². The molecule has 4 aromatic heterocycles. The van der Waals surface area contributed by atoms with Gasteiger partial charge in [-0.1, -0.05) is 5.92 Å². The van der Waals surface area contributed by atoms with Gasteiger partial charge in [-0.3, -0.25) is 4.98 Å². The normalized spacial score (nSPS) is 13.1. The number of fused-ring (bicyclic) bond motifs is 1. The molecule has 2 unspecified atom stereocenters. The number of thiophene rings is 1. The van der Waals surface area contributed by atoms with Gasteiger partial charge in [0.1, 0.15) is 11.2 Å². The van der Waals surface area contributed by atoms with E-state index in [1.807, 2.05) is 29.8 Å². The molecule has 4 heterocycles. The molecule has 134 valence electrons. The number of hydrogen-bond donors (Lipinski definition) is 2. The first-order valence-corrected chi connectivity index (χ1v) is 10.1. The van der Waals surface area contributed by atoms with Crippen molar-refractivity contribution in [3.8, 4) is 23.2 Å². The molecule has 6 nitrogen and oxygen atoms in total. The third kappa shape index (κ3) is 3.59. The third-order valence-electron chi connectivity index (χ3n) is 4.02. The first-order valence-electron chi connectivity index (χ1n) is 8.24. The van der Waals surface area contributed by atoms with Crippen LogP contribution >= 0.6 is 22.7 Å². The van der Waals surface area contributed by atoms with Gasteiger partial charge in [-0.2, -0.15) is 0 Å². The predicted molar refractivity (Wildman–Crippen MR) is 109 cm³/mol. The molecule has 2 atom stereocenters. The van der Waals surface area contributed by atoms with Gasteiger partial charge in [0.25, 0.3) is 0 Å². The second-order valence-electron chi connectivity index (χ2n) is 6.00. The topological polar surface area (TPSA) is 104 Å². The van der Waals surface area contributed by atoms with Crippen LogP contribution < -0.4 is 11.5 Å². The highest BCUT2D eigenvalue weighted by atomic mass is 32.1. The molecule has 0 aliphatic carbocycles. The summed E-state index contributed by atoms with van der Waals surface area (Å²) in [5.41, 5.74) is 18.1. The molecule has 0 aliphatic heterocycles. The fraction of sp³-hybridized carbons (Fsp3) is 0.158. The van der Waals surface area contributed by atoms with Gasteiger partial charge in [-0.15, -0.1) is 22.7 Å². The van der Waals surface area contributed by atoms with Crippen molar-refractivity contribution in [3.05, 3.63) is 57.7 Å². The Labute approximate surface area is 164 Å². The van der Waals surface area contributed by atoms with Gasteiger partial charge >= 0.3 is 0 Å². The standard InChI is InChI=1S/C19H16N6S2/c1-11(20)15(21)17-18-16(24-19(25-17)12-4-6-22-7-5-12)13(8-27-18)2-3-14-9-26-10-23-14/h4-11,15H,20-21H2,1H3. The number of pyridine rings is 1. The fourth-order valence-corrected chi connectivity index (χ4v) is 4.00. The molecule has 8 heteroatoms. The summed E-state index contributed by atoms with van der Waals surface area (Å²) in [6, 6.07) is 3.11. The molecule has 0 saturated carbocycles. The lowest BCUT2D eigenvalue weighted by Crippen LogP contribution is -2.32. The Kier molecular flexibility index (Phi) is 4.92. The van der Waals surface area contributed by atoms with Crippen LogP contribution in [-0.4, -0.2) is 26.0 Å². The summed E-state index contributed by atoms with van der Waals surface area (Å²) in [6.45, 7) is 1.88. The predicted octanol–water partition coefficient (Wildman–Crippen LogP) is 2.96. The van der Waals surface area contributed by atoms with Crippen molar-refractivity contribution in [1.29, 1.82) is 0 Å². The molecule has 4 rings (SSSR count). The second kappa shape index (κ2) is 7.50. The van der Waals surface area contributed by atoms with E-state index in [-0.39, 0.29) is 6.04 Å². The molecule has 0 bridgehead atoms. The number of nitrogens with two attached hydrogens (primary N) is 2. The molecular weight excluding hydrogens is 376 g/mol. The highest BCUT2D eigenvalue weighted by Gasteiger charge is 2.21. The van der Waals surface area contributed by atoms with E-state index < -0.39 is 6.04 Å². The SMILES string of the molecule is CC(N)C(N)c1nc(-c2ccncc2)nc2c(C#Cc3cscn3)csc12. The molecule has 0 amide bonds. The minimum absolute atomic E-state index is 0.236. The van der Waals surface area contributed by atoms with E-state index in [0.717, 1.165) is 32.7 Å². The Bertz CT molecular complexity index is 1120. The Morgan fingerprint density at radius 1 is 1.07 bits per heavy atom. The fourth-order valence-electron chi connectivity index (χ4n) is 2.54. The van der Waals surface area contributed by atoms with Gasteiger partial charge in [0.05, 0.1) is 27.5 Å². The molecule has 4 N–H and O–H groups in total. The number of nitrogens with zero attached hydrogens (tertiary/aromatic N) is 4. The van der Waals surface area contributed by atoms with E-state index in [4.69, 9.17) is 21.4 Å². The highest BCUT2D eigenvalue weighted by Crippen LogP contribution is 2.32. The van der Waals surface area contributed by atoms with Crippen LogP contribution in [0.3, 0.4) is 0 Å². The van der Waals surface area contributed by atoms with Gasteiger partial charge in [0.2, 0.25) is 0 Å². The first-order chi connectivity index (χ1) is 13.1. The van der Waals surface area contributed by atoms with Crippen LogP contribution in [0.2, 0.25) is 0 Å². The lowest BCUT2D eigenvalue weighted by atomic mass is 10.1. The third-order valence-corrected chi connectivity index (χ3v) is 5.60. The second-order valence-corrected chi connectivity index (χ2v) is 7.60. The zero-order valence-electron chi connectivity index (χ0n) is 14.5. The molecule has 0 aromatic carbocycles. The Morgan fingerprint density at radius 2 is 1.89 bits per heavy atom. The van der Waals surface area contributed by atoms with Crippen LogP contribution in [0, 0.1) is 11.8 Å². The van der Waals surface area contributed by atoms with Gasteiger partial charge in [0, 0.05) is 34.8 Å². The zero-order chi connectivity index (χ0) is 18.8. The molecule has 27 heavy (non-hydrogen) atoms. The maximum atomic E-state index is 6.35. The first kappa shape index (κ1) is 17.7. The largest absolute Gasteiger partial charge is 0.326 e. The molecule has 0 aliphatic rings. The van der Waals surface area contributed by atoms with Gasteiger partial charge < -0.3 is 11.5 Å². The summed E-state index contributed by atoms with van der Waals surface area (Å²) in [4.78, 5) is 17.7. The van der Waals surface area contributed by atoms with Crippen molar-refractivity contribution in [3.63, 3.8) is 0 Å². The zero-order valence-corrected chi connectivity index (χ0v) is 16.1. The number of rotatable bonds is 3. The smallest absolute Gasteiger partial charge is 0.160 e. The summed E-state index contributed by atoms with van der Waals surface area (Å²) in [6.07, 6.45) is 3.43. The van der Waals surface area contributed by atoms with Crippen molar-refractivity contribution < 1.29 is 0 Å². The molecule has 0 fully saturated rings. The number of thiazole rings is 1. The average Bonchev–Trinajstić information content (AvgIpc) is 3.35. The van der Waals surface area contributed by atoms with E-state index in [0.29, 0.717) is 5.82 Å². The molecule has 0 radical (unpaired) electrons. The molecular formula is C19H16N6S2. The van der Waals surface area contributed by atoms with Gasteiger partial charge in [-0.25, -0.2) is 15.0 Å². The lowest BCUT2D eigenvalue weighted by molar-refractivity contribution is 0.579. The van der Waals surface area contributed by atoms with Crippen molar-refractivity contribution in [2.24, 2.45) is 11.5 Å². The molecule has 0 saturated heterocycles. The van der Waals surface area contributed by atoms with Crippen LogP contribution in [0.25, 0.3) is 21.6 Å². The molecule has 0 spiro atoms. The summed E-state index contributed by atoms with van der Waals surface area (Å²) >= 11 is 3.05. The van der Waals surface area contributed by atoms with Crippen LogP contribution in [0.4, 0.5) is 0 Å². The molecule has 4 aromatic rings. The van der Waals surface area contributed by atoms with Crippen LogP contribution in [-0.2, 0) is 0 Å². The van der Waals surface area contributed by atoms with E-state index >= 15 is 0 Å². The lowest BCUT2D eigenvalue weighted by Gasteiger charge is -2.16. The highest BCUT2D eigenvalue weighted by molar-refractivity contribution is 7.17. The van der Waals surface area contributed by atoms with Gasteiger partial charge in [-0.05, 0) is 25.0 Å². The number of hydrogen-bond acceptors (Lipinski definition) is 8. The maximum Gasteiger partial charge on any atom is 0.160 e. The van der Waals surface area contributed by atoms with E-state index in [9.17, 15) is 0 Å². The average molecular weight is 393 g/mol. The van der Waals surface area contributed by atoms with E-state index in [1.54, 1.807) is 17.9 Å². The van der Waals surface area contributed by atoms with Crippen LogP contribution in [0.15, 0.2) is 40.8 Å². The summed E-state index contributed by atoms with van der Waals surface area (Å²) < 4.78 is 0.917. The van der Waals surface area contributed by atoms with Crippen molar-refractivity contribution in [2.75, 3.05) is 0 Å². The van der Waals surface area contributed by atoms with Crippen molar-refractivity contribution in [1.82, 2.24) is 19.9 Å². The van der Waals surface area contributed by atoms with Crippen LogP contribution in [0.5, 0.6) is 0 Å². The minimum atomic E-state index is -0.394.